The van der Waals surface area contributed by atoms with Gasteiger partial charge in [-0.05, 0) is 25.0 Å². The third kappa shape index (κ3) is 3.55. The Morgan fingerprint density at radius 2 is 1.92 bits per heavy atom. The summed E-state index contributed by atoms with van der Waals surface area (Å²) < 4.78 is 1.93. The van der Waals surface area contributed by atoms with Crippen LogP contribution in [0.25, 0.3) is 0 Å². The Kier molecular flexibility index (Phi) is 4.21. The summed E-state index contributed by atoms with van der Waals surface area (Å²) in [7, 11) is 0. The summed E-state index contributed by atoms with van der Waals surface area (Å²) >= 11 is 0. The molecule has 0 spiro atoms. The summed E-state index contributed by atoms with van der Waals surface area (Å²) in [5, 5.41) is 7.27. The number of hydrogen-bond donors (Lipinski definition) is 1. The van der Waals surface area contributed by atoms with Gasteiger partial charge in [0.15, 0.2) is 5.82 Å². The van der Waals surface area contributed by atoms with Gasteiger partial charge in [-0.2, -0.15) is 5.10 Å². The Hall–Kier alpha value is -2.70. The zero-order valence-corrected chi connectivity index (χ0v) is 14.0. The van der Waals surface area contributed by atoms with Crippen LogP contribution in [0.1, 0.15) is 40.8 Å². The van der Waals surface area contributed by atoms with E-state index in [4.69, 9.17) is 0 Å². The van der Waals surface area contributed by atoms with Crippen molar-refractivity contribution < 1.29 is 9.59 Å². The van der Waals surface area contributed by atoms with E-state index in [1.807, 2.05) is 10.7 Å². The number of carbonyl (C=O) groups is 2. The molecule has 0 bridgehead atoms. The number of amides is 2. The fourth-order valence-electron chi connectivity index (χ4n) is 3.04. The molecule has 0 atom stereocenters. The van der Waals surface area contributed by atoms with Crippen molar-refractivity contribution in [3.63, 3.8) is 0 Å². The lowest BCUT2D eigenvalue weighted by Gasteiger charge is -2.20. The molecule has 1 aliphatic heterocycles. The Labute approximate surface area is 146 Å². The van der Waals surface area contributed by atoms with Gasteiger partial charge in [-0.15, -0.1) is 0 Å². The van der Waals surface area contributed by atoms with Gasteiger partial charge in [-0.3, -0.25) is 9.59 Å². The second-order valence-corrected chi connectivity index (χ2v) is 6.56. The van der Waals surface area contributed by atoms with Gasteiger partial charge in [0.25, 0.3) is 5.91 Å². The average molecular weight is 339 g/mol. The minimum Gasteiger partial charge on any atom is -0.343 e. The Balaban J connectivity index is 1.31. The predicted molar refractivity (Wildman–Crippen MR) is 91.1 cm³/mol. The lowest BCUT2D eigenvalue weighted by molar-refractivity contribution is -0.130. The molecule has 7 nitrogen and oxygen atoms in total. The lowest BCUT2D eigenvalue weighted by atomic mass is 10.2. The highest BCUT2D eigenvalue weighted by atomic mass is 16.2. The topological polar surface area (TPSA) is 80.1 Å². The zero-order valence-electron chi connectivity index (χ0n) is 14.0. The molecular formula is C18H21N5O2. The van der Waals surface area contributed by atoms with Crippen molar-refractivity contribution in [1.82, 2.24) is 25.0 Å². The van der Waals surface area contributed by atoms with E-state index in [1.165, 1.54) is 12.8 Å². The van der Waals surface area contributed by atoms with Crippen molar-refractivity contribution in [1.29, 1.82) is 0 Å². The number of hydrogen-bond acceptors (Lipinski definition) is 4. The Bertz CT molecular complexity index is 757. The lowest BCUT2D eigenvalue weighted by Crippen LogP contribution is -2.41. The minimum absolute atomic E-state index is 0.0107. The van der Waals surface area contributed by atoms with Gasteiger partial charge < -0.3 is 10.2 Å². The van der Waals surface area contributed by atoms with Crippen LogP contribution in [-0.4, -0.2) is 51.1 Å². The van der Waals surface area contributed by atoms with Crippen molar-refractivity contribution in [2.45, 2.75) is 31.7 Å². The SMILES string of the molecule is O=C(NCC(=O)N1CCc2nc(C3CC3)nn2CC1)c1ccccc1. The highest BCUT2D eigenvalue weighted by molar-refractivity contribution is 5.96. The van der Waals surface area contributed by atoms with E-state index in [1.54, 1.807) is 29.2 Å². The molecule has 0 unspecified atom stereocenters. The third-order valence-electron chi connectivity index (χ3n) is 4.68. The van der Waals surface area contributed by atoms with Crippen LogP contribution < -0.4 is 5.32 Å². The van der Waals surface area contributed by atoms with E-state index in [0.717, 1.165) is 11.6 Å². The number of nitrogens with one attached hydrogen (secondary N) is 1. The number of fused-ring (bicyclic) bond motifs is 1. The van der Waals surface area contributed by atoms with Crippen LogP contribution in [0, 0.1) is 0 Å². The van der Waals surface area contributed by atoms with Gasteiger partial charge in [0.2, 0.25) is 5.91 Å². The summed E-state index contributed by atoms with van der Waals surface area (Å²) in [4.78, 5) is 30.8. The van der Waals surface area contributed by atoms with Gasteiger partial charge in [0.1, 0.15) is 5.82 Å². The summed E-state index contributed by atoms with van der Waals surface area (Å²) in [5.74, 6) is 2.17. The average Bonchev–Trinajstić information content (AvgIpc) is 3.44. The van der Waals surface area contributed by atoms with Crippen LogP contribution in [0.4, 0.5) is 0 Å². The molecule has 2 aromatic rings. The molecule has 7 heteroatoms. The maximum atomic E-state index is 12.4. The fraction of sp³-hybridized carbons (Fsp3) is 0.444. The van der Waals surface area contributed by atoms with Crippen LogP contribution in [-0.2, 0) is 17.8 Å². The summed E-state index contributed by atoms with van der Waals surface area (Å²) in [6.45, 7) is 1.88. The Morgan fingerprint density at radius 3 is 2.68 bits per heavy atom. The predicted octanol–water partition coefficient (Wildman–Crippen LogP) is 0.970. The number of aromatic nitrogens is 3. The van der Waals surface area contributed by atoms with Crippen molar-refractivity contribution in [3.05, 3.63) is 47.5 Å². The first-order valence-corrected chi connectivity index (χ1v) is 8.75. The van der Waals surface area contributed by atoms with Gasteiger partial charge in [-0.1, -0.05) is 18.2 Å². The van der Waals surface area contributed by atoms with Crippen molar-refractivity contribution >= 4 is 11.8 Å². The highest BCUT2D eigenvalue weighted by Crippen LogP contribution is 2.38. The summed E-state index contributed by atoms with van der Waals surface area (Å²) in [6, 6.07) is 8.92. The number of nitrogens with zero attached hydrogens (tertiary/aromatic N) is 4. The molecule has 25 heavy (non-hydrogen) atoms. The Morgan fingerprint density at radius 1 is 1.12 bits per heavy atom. The molecule has 1 N–H and O–H groups in total. The first-order chi connectivity index (χ1) is 12.2. The first-order valence-electron chi connectivity index (χ1n) is 8.75. The van der Waals surface area contributed by atoms with Crippen molar-refractivity contribution in [3.8, 4) is 0 Å². The van der Waals surface area contributed by atoms with E-state index in [-0.39, 0.29) is 18.4 Å². The van der Waals surface area contributed by atoms with E-state index in [0.29, 0.717) is 37.5 Å². The second kappa shape index (κ2) is 6.66. The third-order valence-corrected chi connectivity index (χ3v) is 4.68. The fourth-order valence-corrected chi connectivity index (χ4v) is 3.04. The molecule has 2 heterocycles. The molecule has 130 valence electrons. The van der Waals surface area contributed by atoms with E-state index < -0.39 is 0 Å². The van der Waals surface area contributed by atoms with E-state index >= 15 is 0 Å². The zero-order chi connectivity index (χ0) is 17.2. The molecule has 1 fully saturated rings. The van der Waals surface area contributed by atoms with Gasteiger partial charge in [-0.25, -0.2) is 9.67 Å². The van der Waals surface area contributed by atoms with Gasteiger partial charge in [0.05, 0.1) is 13.1 Å². The molecule has 1 aromatic heterocycles. The highest BCUT2D eigenvalue weighted by Gasteiger charge is 2.30. The standard InChI is InChI=1S/C18H21N5O2/c24-16(12-19-18(25)14-4-2-1-3-5-14)22-9-8-15-20-17(13-6-7-13)21-23(15)11-10-22/h1-5,13H,6-12H2,(H,19,25). The van der Waals surface area contributed by atoms with Crippen LogP contribution in [0.2, 0.25) is 0 Å². The van der Waals surface area contributed by atoms with Crippen molar-refractivity contribution in [2.24, 2.45) is 0 Å². The molecule has 2 amide bonds. The number of carbonyl (C=O) groups excluding carboxylic acids is 2. The van der Waals surface area contributed by atoms with Gasteiger partial charge >= 0.3 is 0 Å². The molecule has 4 rings (SSSR count). The molecule has 0 saturated heterocycles. The normalized spacial score (nSPS) is 16.9. The molecule has 1 saturated carbocycles. The summed E-state index contributed by atoms with van der Waals surface area (Å²) in [5.41, 5.74) is 0.558. The van der Waals surface area contributed by atoms with Gasteiger partial charge in [0, 0.05) is 31.0 Å². The van der Waals surface area contributed by atoms with Crippen LogP contribution in [0.3, 0.4) is 0 Å². The first kappa shape index (κ1) is 15.8. The molecule has 1 aromatic carbocycles. The monoisotopic (exact) mass is 339 g/mol. The van der Waals surface area contributed by atoms with Crippen molar-refractivity contribution in [2.75, 3.05) is 19.6 Å². The maximum absolute atomic E-state index is 12.4. The second-order valence-electron chi connectivity index (χ2n) is 6.56. The molecule has 2 aliphatic rings. The number of benzene rings is 1. The van der Waals surface area contributed by atoms with E-state index in [2.05, 4.69) is 15.4 Å². The van der Waals surface area contributed by atoms with E-state index in [9.17, 15) is 9.59 Å². The molecule has 0 radical (unpaired) electrons. The van der Waals surface area contributed by atoms with Crippen LogP contribution in [0.15, 0.2) is 30.3 Å². The number of rotatable bonds is 4. The largest absolute Gasteiger partial charge is 0.343 e. The van der Waals surface area contributed by atoms with Crippen LogP contribution >= 0.6 is 0 Å². The smallest absolute Gasteiger partial charge is 0.251 e. The minimum atomic E-state index is -0.229. The molecule has 1 aliphatic carbocycles. The van der Waals surface area contributed by atoms with Crippen LogP contribution in [0.5, 0.6) is 0 Å². The maximum Gasteiger partial charge on any atom is 0.251 e. The molecular weight excluding hydrogens is 318 g/mol. The quantitative estimate of drug-likeness (QED) is 0.900. The summed E-state index contributed by atoms with van der Waals surface area (Å²) in [6.07, 6.45) is 3.09.